The zero-order chi connectivity index (χ0) is 15.0. The minimum Gasteiger partial charge on any atom is -0.394 e. The Morgan fingerprint density at radius 1 is 1.14 bits per heavy atom. The van der Waals surface area contributed by atoms with Crippen LogP contribution >= 0.6 is 0 Å². The highest BCUT2D eigenvalue weighted by Gasteiger charge is 2.35. The van der Waals surface area contributed by atoms with Crippen molar-refractivity contribution in [1.29, 1.82) is 0 Å². The Hall–Kier alpha value is -2.18. The smallest absolute Gasteiger partial charge is 0.265 e. The maximum Gasteiger partial charge on any atom is 0.265 e. The van der Waals surface area contributed by atoms with Crippen molar-refractivity contribution in [2.24, 2.45) is 0 Å². The zero-order valence-corrected chi connectivity index (χ0v) is 11.3. The summed E-state index contributed by atoms with van der Waals surface area (Å²) in [7, 11) is 0. The molecule has 2 N–H and O–H groups in total. The van der Waals surface area contributed by atoms with E-state index in [-0.39, 0.29) is 18.4 Å². The number of likely N-dealkylation sites (tertiary alicyclic amines) is 1. The fourth-order valence-corrected chi connectivity index (χ4v) is 2.77. The van der Waals surface area contributed by atoms with Gasteiger partial charge in [0.15, 0.2) is 0 Å². The van der Waals surface area contributed by atoms with Crippen molar-refractivity contribution in [2.45, 2.75) is 18.6 Å². The summed E-state index contributed by atoms with van der Waals surface area (Å²) in [5, 5.41) is 19.0. The SMILES string of the molecule is O=C1c2ccccc2C(=O)N1/C=C\N1CC[C@@H](O)[C@H]1CO. The third-order valence-corrected chi connectivity index (χ3v) is 3.97. The van der Waals surface area contributed by atoms with Gasteiger partial charge in [0.05, 0.1) is 29.9 Å². The van der Waals surface area contributed by atoms with E-state index in [0.717, 1.165) is 4.90 Å². The molecular weight excluding hydrogens is 272 g/mol. The number of aliphatic hydroxyl groups excluding tert-OH is 2. The number of nitrogens with zero attached hydrogens (tertiary/aromatic N) is 2. The van der Waals surface area contributed by atoms with Crippen LogP contribution < -0.4 is 0 Å². The lowest BCUT2D eigenvalue weighted by Crippen LogP contribution is -2.35. The maximum atomic E-state index is 12.2. The largest absolute Gasteiger partial charge is 0.394 e. The van der Waals surface area contributed by atoms with Gasteiger partial charge in [0.25, 0.3) is 11.8 Å². The van der Waals surface area contributed by atoms with Crippen LogP contribution in [0.3, 0.4) is 0 Å². The Kier molecular flexibility index (Phi) is 3.48. The quantitative estimate of drug-likeness (QED) is 0.776. The monoisotopic (exact) mass is 288 g/mol. The van der Waals surface area contributed by atoms with Crippen LogP contribution in [-0.2, 0) is 0 Å². The predicted octanol–water partition coefficient (Wildman–Crippen LogP) is 0.181. The van der Waals surface area contributed by atoms with Gasteiger partial charge in [-0.3, -0.25) is 9.59 Å². The second kappa shape index (κ2) is 5.31. The van der Waals surface area contributed by atoms with Crippen molar-refractivity contribution in [3.63, 3.8) is 0 Å². The molecule has 6 heteroatoms. The van der Waals surface area contributed by atoms with Crippen LogP contribution in [0, 0.1) is 0 Å². The van der Waals surface area contributed by atoms with E-state index >= 15 is 0 Å². The molecule has 0 saturated carbocycles. The molecule has 2 aliphatic rings. The van der Waals surface area contributed by atoms with Crippen molar-refractivity contribution in [3.05, 3.63) is 47.8 Å². The highest BCUT2D eigenvalue weighted by molar-refractivity contribution is 6.22. The molecule has 110 valence electrons. The molecule has 1 aromatic rings. The van der Waals surface area contributed by atoms with E-state index in [2.05, 4.69) is 0 Å². The van der Waals surface area contributed by atoms with Gasteiger partial charge in [0.2, 0.25) is 0 Å². The third kappa shape index (κ3) is 2.22. The van der Waals surface area contributed by atoms with Crippen LogP contribution in [0.1, 0.15) is 27.1 Å². The van der Waals surface area contributed by atoms with Crippen molar-refractivity contribution in [2.75, 3.05) is 13.2 Å². The second-order valence-electron chi connectivity index (χ2n) is 5.17. The molecule has 2 heterocycles. The van der Waals surface area contributed by atoms with Crippen LogP contribution in [0.15, 0.2) is 36.7 Å². The number of carbonyl (C=O) groups is 2. The fourth-order valence-electron chi connectivity index (χ4n) is 2.77. The zero-order valence-electron chi connectivity index (χ0n) is 11.3. The van der Waals surface area contributed by atoms with Crippen LogP contribution in [0.2, 0.25) is 0 Å². The van der Waals surface area contributed by atoms with E-state index in [1.807, 2.05) is 0 Å². The fraction of sp³-hybridized carbons (Fsp3) is 0.333. The molecule has 2 amide bonds. The first-order chi connectivity index (χ1) is 10.1. The molecule has 0 unspecified atom stereocenters. The molecule has 21 heavy (non-hydrogen) atoms. The summed E-state index contributed by atoms with van der Waals surface area (Å²) in [6, 6.07) is 6.29. The number of aliphatic hydroxyl groups is 2. The summed E-state index contributed by atoms with van der Waals surface area (Å²) in [4.78, 5) is 27.1. The Bertz CT molecular complexity index is 578. The Balaban J connectivity index is 1.79. The van der Waals surface area contributed by atoms with E-state index in [9.17, 15) is 19.8 Å². The summed E-state index contributed by atoms with van der Waals surface area (Å²) in [5.41, 5.74) is 0.791. The Labute approximate surface area is 121 Å². The van der Waals surface area contributed by atoms with Crippen molar-refractivity contribution in [3.8, 4) is 0 Å². The van der Waals surface area contributed by atoms with Gasteiger partial charge in [-0.1, -0.05) is 12.1 Å². The van der Waals surface area contributed by atoms with Gasteiger partial charge in [0, 0.05) is 18.9 Å². The molecule has 1 aromatic carbocycles. The van der Waals surface area contributed by atoms with Crippen LogP contribution in [-0.4, -0.2) is 57.1 Å². The van der Waals surface area contributed by atoms with Gasteiger partial charge in [-0.2, -0.15) is 0 Å². The topological polar surface area (TPSA) is 81.1 Å². The second-order valence-corrected chi connectivity index (χ2v) is 5.17. The average molecular weight is 288 g/mol. The van der Waals surface area contributed by atoms with Crippen LogP contribution in [0.25, 0.3) is 0 Å². The number of hydrogen-bond donors (Lipinski definition) is 2. The molecule has 0 radical (unpaired) electrons. The van der Waals surface area contributed by atoms with Crippen molar-refractivity contribution < 1.29 is 19.8 Å². The van der Waals surface area contributed by atoms with Gasteiger partial charge >= 0.3 is 0 Å². The highest BCUT2D eigenvalue weighted by Crippen LogP contribution is 2.24. The van der Waals surface area contributed by atoms with E-state index in [4.69, 9.17) is 0 Å². The number of benzene rings is 1. The molecule has 0 aliphatic carbocycles. The lowest BCUT2D eigenvalue weighted by Gasteiger charge is -2.23. The van der Waals surface area contributed by atoms with Gasteiger partial charge in [-0.15, -0.1) is 0 Å². The van der Waals surface area contributed by atoms with E-state index in [1.165, 1.54) is 6.20 Å². The number of carbonyl (C=O) groups excluding carboxylic acids is 2. The predicted molar refractivity (Wildman–Crippen MR) is 74.3 cm³/mol. The molecule has 2 aliphatic heterocycles. The first-order valence-corrected chi connectivity index (χ1v) is 6.83. The normalized spacial score (nSPS) is 25.2. The number of imide groups is 1. The van der Waals surface area contributed by atoms with Crippen molar-refractivity contribution in [1.82, 2.24) is 9.80 Å². The first kappa shape index (κ1) is 13.8. The minimum absolute atomic E-state index is 0.173. The minimum atomic E-state index is -0.596. The van der Waals surface area contributed by atoms with Gasteiger partial charge in [0.1, 0.15) is 0 Å². The summed E-state index contributed by atoms with van der Waals surface area (Å²) in [5.74, 6) is -0.709. The summed E-state index contributed by atoms with van der Waals surface area (Å²) < 4.78 is 0. The van der Waals surface area contributed by atoms with Crippen LogP contribution in [0.4, 0.5) is 0 Å². The molecular formula is C15H16N2O4. The molecule has 1 fully saturated rings. The Morgan fingerprint density at radius 3 is 2.33 bits per heavy atom. The standard InChI is InChI=1S/C15H16N2O4/c18-9-12-13(19)5-6-16(12)7-8-17-14(20)10-3-1-2-4-11(10)15(17)21/h1-4,7-8,12-13,18-19H,5-6,9H2/b8-7-/t12-,13-/m1/s1. The van der Waals surface area contributed by atoms with Gasteiger partial charge in [-0.05, 0) is 18.6 Å². The maximum absolute atomic E-state index is 12.2. The van der Waals surface area contributed by atoms with E-state index in [0.29, 0.717) is 24.1 Å². The molecule has 0 bridgehead atoms. The number of hydrogen-bond acceptors (Lipinski definition) is 5. The lowest BCUT2D eigenvalue weighted by molar-refractivity contribution is 0.0715. The molecule has 1 saturated heterocycles. The van der Waals surface area contributed by atoms with Gasteiger partial charge < -0.3 is 15.1 Å². The molecule has 2 atom stereocenters. The van der Waals surface area contributed by atoms with Gasteiger partial charge in [-0.25, -0.2) is 4.90 Å². The number of amides is 2. The van der Waals surface area contributed by atoms with Crippen LogP contribution in [0.5, 0.6) is 0 Å². The molecule has 0 aromatic heterocycles. The summed E-state index contributed by atoms with van der Waals surface area (Å²) in [6.45, 7) is 0.402. The Morgan fingerprint density at radius 2 is 1.76 bits per heavy atom. The first-order valence-electron chi connectivity index (χ1n) is 6.83. The van der Waals surface area contributed by atoms with Crippen molar-refractivity contribution >= 4 is 11.8 Å². The number of fused-ring (bicyclic) bond motifs is 1. The molecule has 3 rings (SSSR count). The summed E-state index contributed by atoms with van der Waals surface area (Å²) in [6.07, 6.45) is 2.95. The summed E-state index contributed by atoms with van der Waals surface area (Å²) >= 11 is 0. The molecule has 6 nitrogen and oxygen atoms in total. The molecule has 0 spiro atoms. The third-order valence-electron chi connectivity index (χ3n) is 3.97. The highest BCUT2D eigenvalue weighted by atomic mass is 16.3. The number of rotatable bonds is 3. The van der Waals surface area contributed by atoms with E-state index in [1.54, 1.807) is 35.4 Å². The van der Waals surface area contributed by atoms with E-state index < -0.39 is 12.1 Å². The average Bonchev–Trinajstić information content (AvgIpc) is 2.97. The lowest BCUT2D eigenvalue weighted by atomic mass is 10.1.